The van der Waals surface area contributed by atoms with Gasteiger partial charge in [-0.2, -0.15) is 12.6 Å². The second kappa shape index (κ2) is 10.4. The maximum Gasteiger partial charge on any atom is 0.00173 e. The molecule has 1 atom stereocenters. The van der Waals surface area contributed by atoms with Crippen LogP contribution in [0.5, 0.6) is 0 Å². The van der Waals surface area contributed by atoms with Crippen molar-refractivity contribution >= 4 is 12.6 Å². The summed E-state index contributed by atoms with van der Waals surface area (Å²) >= 11 is 4.45. The maximum atomic E-state index is 4.45. The molecule has 98 valence electrons. The molecule has 0 rings (SSSR count). The van der Waals surface area contributed by atoms with Crippen LogP contribution in [0.1, 0.15) is 33.1 Å². The van der Waals surface area contributed by atoms with E-state index in [1.165, 1.54) is 45.4 Å². The van der Waals surface area contributed by atoms with Gasteiger partial charge in [-0.25, -0.2) is 0 Å². The van der Waals surface area contributed by atoms with Crippen LogP contribution in [0.2, 0.25) is 0 Å². The highest BCUT2D eigenvalue weighted by Crippen LogP contribution is 2.10. The molecule has 16 heavy (non-hydrogen) atoms. The molecule has 0 aliphatic heterocycles. The Morgan fingerprint density at radius 2 is 1.81 bits per heavy atom. The molecule has 0 saturated heterocycles. The van der Waals surface area contributed by atoms with Gasteiger partial charge in [0.1, 0.15) is 0 Å². The Bertz CT molecular complexity index is 151. The van der Waals surface area contributed by atoms with Gasteiger partial charge in [-0.15, -0.1) is 0 Å². The second-order valence-corrected chi connectivity index (χ2v) is 5.25. The van der Waals surface area contributed by atoms with Gasteiger partial charge in [0.25, 0.3) is 0 Å². The Hall–Kier alpha value is 0.270. The van der Waals surface area contributed by atoms with Gasteiger partial charge in [-0.1, -0.05) is 20.3 Å². The van der Waals surface area contributed by atoms with Crippen molar-refractivity contribution in [2.24, 2.45) is 5.92 Å². The summed E-state index contributed by atoms with van der Waals surface area (Å²) < 4.78 is 0. The molecule has 0 aromatic carbocycles. The Kier molecular flexibility index (Phi) is 10.6. The van der Waals surface area contributed by atoms with Gasteiger partial charge in [-0.3, -0.25) is 0 Å². The number of thiol groups is 1. The summed E-state index contributed by atoms with van der Waals surface area (Å²) in [4.78, 5) is 4.83. The SMILES string of the molecule is CCCC(CS)CN(CC)CCCN(C)C. The molecule has 0 bridgehead atoms. The van der Waals surface area contributed by atoms with Gasteiger partial charge in [0, 0.05) is 6.54 Å². The van der Waals surface area contributed by atoms with Gasteiger partial charge in [0.2, 0.25) is 0 Å². The van der Waals surface area contributed by atoms with Crippen LogP contribution in [-0.2, 0) is 0 Å². The van der Waals surface area contributed by atoms with Crippen LogP contribution in [0.25, 0.3) is 0 Å². The van der Waals surface area contributed by atoms with E-state index in [1.807, 2.05) is 0 Å². The molecule has 0 heterocycles. The van der Waals surface area contributed by atoms with E-state index in [0.29, 0.717) is 0 Å². The van der Waals surface area contributed by atoms with Crippen molar-refractivity contribution < 1.29 is 0 Å². The topological polar surface area (TPSA) is 6.48 Å². The first-order chi connectivity index (χ1) is 7.63. The summed E-state index contributed by atoms with van der Waals surface area (Å²) in [7, 11) is 4.29. The fraction of sp³-hybridized carbons (Fsp3) is 1.00. The highest BCUT2D eigenvalue weighted by Gasteiger charge is 2.10. The van der Waals surface area contributed by atoms with Crippen molar-refractivity contribution in [1.29, 1.82) is 0 Å². The lowest BCUT2D eigenvalue weighted by Gasteiger charge is -2.26. The molecule has 0 spiro atoms. The molecule has 0 saturated carbocycles. The van der Waals surface area contributed by atoms with Gasteiger partial charge in [-0.05, 0) is 58.2 Å². The minimum Gasteiger partial charge on any atom is -0.309 e. The van der Waals surface area contributed by atoms with E-state index in [2.05, 4.69) is 50.4 Å². The Balaban J connectivity index is 3.79. The summed E-state index contributed by atoms with van der Waals surface area (Å²) in [5, 5.41) is 0. The molecule has 0 aliphatic carbocycles. The zero-order valence-electron chi connectivity index (χ0n) is 11.6. The van der Waals surface area contributed by atoms with E-state index in [4.69, 9.17) is 0 Å². The highest BCUT2D eigenvalue weighted by atomic mass is 32.1. The predicted octanol–water partition coefficient (Wildman–Crippen LogP) is 2.61. The number of nitrogens with zero attached hydrogens (tertiary/aromatic N) is 2. The van der Waals surface area contributed by atoms with Gasteiger partial charge in [0.15, 0.2) is 0 Å². The van der Waals surface area contributed by atoms with Crippen molar-refractivity contribution in [3.8, 4) is 0 Å². The van der Waals surface area contributed by atoms with Crippen LogP contribution in [0.4, 0.5) is 0 Å². The number of rotatable bonds is 10. The summed E-state index contributed by atoms with van der Waals surface area (Å²) in [6.45, 7) is 9.33. The molecule has 3 heteroatoms. The lowest BCUT2D eigenvalue weighted by molar-refractivity contribution is 0.231. The van der Waals surface area contributed by atoms with Crippen molar-refractivity contribution in [1.82, 2.24) is 9.80 Å². The van der Waals surface area contributed by atoms with Crippen LogP contribution in [0.15, 0.2) is 0 Å². The third-order valence-corrected chi connectivity index (χ3v) is 3.51. The minimum atomic E-state index is 0.771. The molecule has 0 radical (unpaired) electrons. The first-order valence-electron chi connectivity index (χ1n) is 6.61. The average Bonchev–Trinajstić information content (AvgIpc) is 2.26. The third kappa shape index (κ3) is 8.43. The minimum absolute atomic E-state index is 0.771. The fourth-order valence-electron chi connectivity index (χ4n) is 2.00. The Morgan fingerprint density at radius 3 is 2.25 bits per heavy atom. The van der Waals surface area contributed by atoms with E-state index in [9.17, 15) is 0 Å². The fourth-order valence-corrected chi connectivity index (χ4v) is 2.30. The van der Waals surface area contributed by atoms with Crippen molar-refractivity contribution in [3.63, 3.8) is 0 Å². The largest absolute Gasteiger partial charge is 0.309 e. The van der Waals surface area contributed by atoms with Crippen molar-refractivity contribution in [2.45, 2.75) is 33.1 Å². The van der Waals surface area contributed by atoms with Crippen LogP contribution in [0.3, 0.4) is 0 Å². The van der Waals surface area contributed by atoms with E-state index in [-0.39, 0.29) is 0 Å². The molecule has 0 fully saturated rings. The van der Waals surface area contributed by atoms with Crippen LogP contribution < -0.4 is 0 Å². The monoisotopic (exact) mass is 246 g/mol. The highest BCUT2D eigenvalue weighted by molar-refractivity contribution is 7.80. The lowest BCUT2D eigenvalue weighted by atomic mass is 10.1. The molecule has 0 aromatic rings. The van der Waals surface area contributed by atoms with E-state index >= 15 is 0 Å². The van der Waals surface area contributed by atoms with Crippen LogP contribution in [0, 0.1) is 5.92 Å². The number of hydrogen-bond acceptors (Lipinski definition) is 3. The summed E-state index contributed by atoms with van der Waals surface area (Å²) in [6.07, 6.45) is 3.86. The molecule has 2 nitrogen and oxygen atoms in total. The first kappa shape index (κ1) is 16.3. The van der Waals surface area contributed by atoms with E-state index in [1.54, 1.807) is 0 Å². The Labute approximate surface area is 108 Å². The van der Waals surface area contributed by atoms with Gasteiger partial charge >= 0.3 is 0 Å². The third-order valence-electron chi connectivity index (χ3n) is 3.00. The molecular formula is C13H30N2S. The van der Waals surface area contributed by atoms with Crippen molar-refractivity contribution in [2.75, 3.05) is 46.0 Å². The van der Waals surface area contributed by atoms with Crippen molar-refractivity contribution in [3.05, 3.63) is 0 Å². The molecular weight excluding hydrogens is 216 g/mol. The first-order valence-corrected chi connectivity index (χ1v) is 7.25. The Morgan fingerprint density at radius 1 is 1.12 bits per heavy atom. The van der Waals surface area contributed by atoms with Crippen LogP contribution >= 0.6 is 12.6 Å². The lowest BCUT2D eigenvalue weighted by Crippen LogP contribution is -2.32. The normalized spacial score (nSPS) is 13.7. The summed E-state index contributed by atoms with van der Waals surface area (Å²) in [5.74, 6) is 1.80. The molecule has 0 amide bonds. The number of hydrogen-bond donors (Lipinski definition) is 1. The molecule has 0 aliphatic rings. The molecule has 0 aromatic heterocycles. The van der Waals surface area contributed by atoms with Gasteiger partial charge in [0.05, 0.1) is 0 Å². The zero-order chi connectivity index (χ0) is 12.4. The quantitative estimate of drug-likeness (QED) is 0.592. The molecule has 1 unspecified atom stereocenters. The van der Waals surface area contributed by atoms with Gasteiger partial charge < -0.3 is 9.80 Å². The molecule has 0 N–H and O–H groups in total. The second-order valence-electron chi connectivity index (χ2n) is 4.89. The predicted molar refractivity (Wildman–Crippen MR) is 77.5 cm³/mol. The summed E-state index contributed by atoms with van der Waals surface area (Å²) in [5.41, 5.74) is 0. The van der Waals surface area contributed by atoms with E-state index < -0.39 is 0 Å². The maximum absolute atomic E-state index is 4.45. The zero-order valence-corrected chi connectivity index (χ0v) is 12.5. The van der Waals surface area contributed by atoms with E-state index in [0.717, 1.165) is 11.7 Å². The summed E-state index contributed by atoms with van der Waals surface area (Å²) in [6, 6.07) is 0. The smallest absolute Gasteiger partial charge is 0.00173 e. The van der Waals surface area contributed by atoms with Crippen LogP contribution in [-0.4, -0.2) is 55.8 Å². The standard InChI is InChI=1S/C13H30N2S/c1-5-8-13(12-16)11-15(6-2)10-7-9-14(3)4/h13,16H,5-12H2,1-4H3. The average molecular weight is 246 g/mol.